The number of rotatable bonds is 11. The van der Waals surface area contributed by atoms with Crippen LogP contribution in [0, 0.1) is 5.92 Å². The number of nitrogens with zero attached hydrogens (tertiary/aromatic N) is 2. The summed E-state index contributed by atoms with van der Waals surface area (Å²) in [4.78, 5) is 30.3. The highest BCUT2D eigenvalue weighted by Gasteiger charge is 2.28. The SMILES string of the molecule is C[C@@H](NC(=O)c1ccc(S(=O)(=O)Nc2ccccc2Oc2ccccc2)cc1)C(=O)N1CCC(CCN2CCCC2)CC1. The summed E-state index contributed by atoms with van der Waals surface area (Å²) in [6, 6.07) is 20.8. The van der Waals surface area contributed by atoms with Crippen LogP contribution < -0.4 is 14.8 Å². The first-order valence-corrected chi connectivity index (χ1v) is 16.5. The van der Waals surface area contributed by atoms with Crippen LogP contribution in [0.25, 0.3) is 0 Å². The predicted molar refractivity (Wildman–Crippen MR) is 167 cm³/mol. The van der Waals surface area contributed by atoms with Crippen molar-refractivity contribution in [1.82, 2.24) is 15.1 Å². The lowest BCUT2D eigenvalue weighted by Crippen LogP contribution is -2.49. The third-order valence-electron chi connectivity index (χ3n) is 8.23. The van der Waals surface area contributed by atoms with Crippen LogP contribution in [0.5, 0.6) is 11.5 Å². The molecule has 0 spiro atoms. The van der Waals surface area contributed by atoms with Crippen molar-refractivity contribution in [2.45, 2.75) is 50.0 Å². The van der Waals surface area contributed by atoms with Crippen molar-refractivity contribution in [1.29, 1.82) is 0 Å². The lowest BCUT2D eigenvalue weighted by Gasteiger charge is -2.34. The van der Waals surface area contributed by atoms with Crippen LogP contribution in [-0.2, 0) is 14.8 Å². The summed E-state index contributed by atoms with van der Waals surface area (Å²) >= 11 is 0. The van der Waals surface area contributed by atoms with Gasteiger partial charge in [0.1, 0.15) is 11.8 Å². The highest BCUT2D eigenvalue weighted by molar-refractivity contribution is 7.92. The van der Waals surface area contributed by atoms with Crippen LogP contribution in [0.1, 0.15) is 49.4 Å². The van der Waals surface area contributed by atoms with Crippen LogP contribution in [0.15, 0.2) is 83.8 Å². The molecule has 9 nitrogen and oxygen atoms in total. The topological polar surface area (TPSA) is 108 Å². The Balaban J connectivity index is 1.13. The number of benzene rings is 3. The molecule has 2 aliphatic rings. The number of nitrogens with one attached hydrogen (secondary N) is 2. The van der Waals surface area contributed by atoms with Crippen LogP contribution in [0.2, 0.25) is 0 Å². The van der Waals surface area contributed by atoms with E-state index in [1.807, 2.05) is 23.1 Å². The second-order valence-electron chi connectivity index (χ2n) is 11.3. The summed E-state index contributed by atoms with van der Waals surface area (Å²) in [5.74, 6) is 1.06. The van der Waals surface area contributed by atoms with E-state index in [9.17, 15) is 18.0 Å². The van der Waals surface area contributed by atoms with Gasteiger partial charge in [0.15, 0.2) is 5.75 Å². The normalized spacial score (nSPS) is 16.9. The van der Waals surface area contributed by atoms with Gasteiger partial charge >= 0.3 is 0 Å². The molecule has 1 atom stereocenters. The van der Waals surface area contributed by atoms with Gasteiger partial charge in [0.2, 0.25) is 5.91 Å². The maximum atomic E-state index is 13.1. The number of hydrogen-bond donors (Lipinski definition) is 2. The number of carbonyl (C=O) groups excluding carboxylic acids is 2. The van der Waals surface area contributed by atoms with E-state index in [-0.39, 0.29) is 22.1 Å². The Morgan fingerprint density at radius 3 is 2.23 bits per heavy atom. The van der Waals surface area contributed by atoms with E-state index in [2.05, 4.69) is 14.9 Å². The highest BCUT2D eigenvalue weighted by atomic mass is 32.2. The first-order chi connectivity index (χ1) is 20.8. The molecule has 0 bridgehead atoms. The van der Waals surface area contributed by atoms with Crippen LogP contribution in [-0.4, -0.2) is 68.8 Å². The highest BCUT2D eigenvalue weighted by Crippen LogP contribution is 2.31. The monoisotopic (exact) mass is 604 g/mol. The summed E-state index contributed by atoms with van der Waals surface area (Å²) in [6.45, 7) is 6.69. The fourth-order valence-electron chi connectivity index (χ4n) is 5.67. The number of para-hydroxylation sites is 3. The van der Waals surface area contributed by atoms with E-state index >= 15 is 0 Å². The molecule has 2 N–H and O–H groups in total. The molecule has 43 heavy (non-hydrogen) atoms. The van der Waals surface area contributed by atoms with Gasteiger partial charge in [-0.3, -0.25) is 14.3 Å². The van der Waals surface area contributed by atoms with Gasteiger partial charge in [-0.2, -0.15) is 0 Å². The van der Waals surface area contributed by atoms with Crippen molar-refractivity contribution in [3.63, 3.8) is 0 Å². The van der Waals surface area contributed by atoms with Crippen LogP contribution >= 0.6 is 0 Å². The number of hydrogen-bond acceptors (Lipinski definition) is 6. The van der Waals surface area contributed by atoms with E-state index in [1.165, 1.54) is 56.6 Å². The average molecular weight is 605 g/mol. The summed E-state index contributed by atoms with van der Waals surface area (Å²) < 4.78 is 34.7. The Kier molecular flexibility index (Phi) is 9.99. The van der Waals surface area contributed by atoms with E-state index in [0.717, 1.165) is 19.4 Å². The molecule has 2 saturated heterocycles. The first-order valence-electron chi connectivity index (χ1n) is 15.1. The van der Waals surface area contributed by atoms with Crippen molar-refractivity contribution >= 4 is 27.5 Å². The number of ether oxygens (including phenoxy) is 1. The van der Waals surface area contributed by atoms with Gasteiger partial charge in [0.25, 0.3) is 15.9 Å². The zero-order chi connectivity index (χ0) is 30.2. The molecule has 0 unspecified atom stereocenters. The second kappa shape index (κ2) is 14.1. The molecule has 10 heteroatoms. The molecule has 2 aliphatic heterocycles. The molecule has 0 aliphatic carbocycles. The van der Waals surface area contributed by atoms with Gasteiger partial charge in [-0.25, -0.2) is 8.42 Å². The largest absolute Gasteiger partial charge is 0.455 e. The molecule has 0 saturated carbocycles. The third kappa shape index (κ3) is 8.14. The smallest absolute Gasteiger partial charge is 0.262 e. The zero-order valence-electron chi connectivity index (χ0n) is 24.6. The number of carbonyl (C=O) groups is 2. The first kappa shape index (κ1) is 30.6. The molecule has 2 heterocycles. The van der Waals surface area contributed by atoms with E-state index in [0.29, 0.717) is 30.5 Å². The molecule has 228 valence electrons. The summed E-state index contributed by atoms with van der Waals surface area (Å²) in [6.07, 6.45) is 5.78. The number of sulfonamides is 1. The van der Waals surface area contributed by atoms with Gasteiger partial charge in [-0.05, 0) is 113 Å². The molecule has 3 aromatic rings. The van der Waals surface area contributed by atoms with Gasteiger partial charge in [-0.15, -0.1) is 0 Å². The van der Waals surface area contributed by atoms with E-state index in [4.69, 9.17) is 4.74 Å². The average Bonchev–Trinajstić information content (AvgIpc) is 3.55. The Bertz CT molecular complexity index is 1480. The van der Waals surface area contributed by atoms with Gasteiger partial charge in [-0.1, -0.05) is 30.3 Å². The molecule has 5 rings (SSSR count). The maximum absolute atomic E-state index is 13.1. The number of piperidine rings is 1. The van der Waals surface area contributed by atoms with Crippen molar-refractivity contribution in [3.8, 4) is 11.5 Å². The summed E-state index contributed by atoms with van der Waals surface area (Å²) in [7, 11) is -3.96. The van der Waals surface area contributed by atoms with Crippen molar-refractivity contribution < 1.29 is 22.7 Å². The fourth-order valence-corrected chi connectivity index (χ4v) is 6.74. The van der Waals surface area contributed by atoms with Crippen LogP contribution in [0.3, 0.4) is 0 Å². The van der Waals surface area contributed by atoms with Crippen molar-refractivity contribution in [3.05, 3.63) is 84.4 Å². The summed E-state index contributed by atoms with van der Waals surface area (Å²) in [5, 5.41) is 2.78. The zero-order valence-corrected chi connectivity index (χ0v) is 25.4. The van der Waals surface area contributed by atoms with E-state index < -0.39 is 22.0 Å². The Labute approximate surface area is 254 Å². The minimum Gasteiger partial charge on any atom is -0.455 e. The minimum absolute atomic E-state index is 0.00436. The van der Waals surface area contributed by atoms with Gasteiger partial charge in [0.05, 0.1) is 10.6 Å². The Morgan fingerprint density at radius 1 is 0.884 bits per heavy atom. The maximum Gasteiger partial charge on any atom is 0.262 e. The summed E-state index contributed by atoms with van der Waals surface area (Å²) in [5.41, 5.74) is 0.558. The lowest BCUT2D eigenvalue weighted by atomic mass is 9.93. The third-order valence-corrected chi connectivity index (χ3v) is 9.61. The molecule has 0 aromatic heterocycles. The van der Waals surface area contributed by atoms with Crippen molar-refractivity contribution in [2.24, 2.45) is 5.92 Å². The fraction of sp³-hybridized carbons (Fsp3) is 0.394. The molecule has 3 aromatic carbocycles. The standard InChI is InChI=1S/C33H40N4O5S/c1-25(33(39)37-23-18-26(19-24-37)17-22-36-20-7-8-21-36)34-32(38)27-13-15-29(16-14-27)43(40,41)35-30-11-5-6-12-31(30)42-28-9-3-2-4-10-28/h2-6,9-16,25-26,35H,7-8,17-24H2,1H3,(H,34,38)/t25-/m1/s1. The quantitative estimate of drug-likeness (QED) is 0.315. The Morgan fingerprint density at radius 2 is 1.53 bits per heavy atom. The van der Waals surface area contributed by atoms with Crippen molar-refractivity contribution in [2.75, 3.05) is 37.4 Å². The van der Waals surface area contributed by atoms with E-state index in [1.54, 1.807) is 43.3 Å². The molecule has 0 radical (unpaired) electrons. The van der Waals surface area contributed by atoms with Crippen LogP contribution in [0.4, 0.5) is 5.69 Å². The van der Waals surface area contributed by atoms with Gasteiger partial charge < -0.3 is 19.9 Å². The van der Waals surface area contributed by atoms with Gasteiger partial charge in [0, 0.05) is 18.7 Å². The molecular weight excluding hydrogens is 564 g/mol. The Hall–Kier alpha value is -3.89. The number of amides is 2. The predicted octanol–water partition coefficient (Wildman–Crippen LogP) is 5.12. The molecule has 2 amide bonds. The minimum atomic E-state index is -3.96. The molecular formula is C33H40N4O5S. The number of likely N-dealkylation sites (tertiary alicyclic amines) is 2. The second-order valence-corrected chi connectivity index (χ2v) is 13.0. The number of anilines is 1. The lowest BCUT2D eigenvalue weighted by molar-refractivity contribution is -0.134. The molecule has 2 fully saturated rings.